The van der Waals surface area contributed by atoms with Gasteiger partial charge in [0.25, 0.3) is 0 Å². The van der Waals surface area contributed by atoms with Gasteiger partial charge in [0.05, 0.1) is 12.7 Å². The Hall–Kier alpha value is -2.90. The van der Waals surface area contributed by atoms with Crippen molar-refractivity contribution in [3.05, 3.63) is 35.7 Å². The van der Waals surface area contributed by atoms with Crippen LogP contribution in [-0.2, 0) is 4.74 Å². The predicted octanol–water partition coefficient (Wildman–Crippen LogP) is 2.38. The van der Waals surface area contributed by atoms with Gasteiger partial charge in [0.15, 0.2) is 0 Å². The first-order chi connectivity index (χ1) is 11.6. The number of carbonyl (C=O) groups is 2. The average Bonchev–Trinajstić information content (AvgIpc) is 3.11. The normalized spacial score (nSPS) is 15.3. The largest absolute Gasteiger partial charge is 0.465 e. The van der Waals surface area contributed by atoms with Crippen LogP contribution in [0.3, 0.4) is 0 Å². The molecule has 8 heteroatoms. The third-order valence-electron chi connectivity index (χ3n) is 4.11. The van der Waals surface area contributed by atoms with Gasteiger partial charge in [-0.2, -0.15) is 0 Å². The third-order valence-corrected chi connectivity index (χ3v) is 4.11. The monoisotopic (exact) mass is 331 g/mol. The van der Waals surface area contributed by atoms with E-state index in [2.05, 4.69) is 14.9 Å². The molecule has 0 aliphatic carbocycles. The summed E-state index contributed by atoms with van der Waals surface area (Å²) in [5.74, 6) is 0.559. The molecule has 1 aliphatic heterocycles. The minimum atomic E-state index is -0.898. The van der Waals surface area contributed by atoms with Crippen LogP contribution in [0.2, 0.25) is 0 Å². The lowest BCUT2D eigenvalue weighted by Crippen LogP contribution is -2.36. The van der Waals surface area contributed by atoms with Gasteiger partial charge < -0.3 is 19.2 Å². The molecule has 0 atom stereocenters. The highest BCUT2D eigenvalue weighted by Gasteiger charge is 2.27. The summed E-state index contributed by atoms with van der Waals surface area (Å²) in [6.07, 6.45) is 0.426. The molecule has 2 aromatic rings. The Kier molecular flexibility index (Phi) is 4.45. The third kappa shape index (κ3) is 3.22. The van der Waals surface area contributed by atoms with Crippen molar-refractivity contribution in [2.24, 2.45) is 0 Å². The number of hydrogen-bond donors (Lipinski definition) is 1. The molecule has 0 bridgehead atoms. The molecule has 0 spiro atoms. The minimum absolute atomic E-state index is 0.0659. The molecule has 0 unspecified atom stereocenters. The second-order valence-electron chi connectivity index (χ2n) is 5.56. The number of rotatable bonds is 3. The molecule has 1 fully saturated rings. The van der Waals surface area contributed by atoms with Crippen molar-refractivity contribution in [2.75, 3.05) is 20.2 Å². The standard InChI is InChI=1S/C16H17N3O5/c1-23-15(20)12-4-2-10(3-5-12)13-17-18-14(24-13)11-6-8-19(9-7-11)16(21)22/h2-5,11H,6-9H2,1H3,(H,21,22). The van der Waals surface area contributed by atoms with Gasteiger partial charge in [-0.3, -0.25) is 0 Å². The summed E-state index contributed by atoms with van der Waals surface area (Å²) in [6, 6.07) is 6.71. The number of benzene rings is 1. The fourth-order valence-electron chi connectivity index (χ4n) is 2.70. The first-order valence-corrected chi connectivity index (χ1v) is 7.58. The second-order valence-corrected chi connectivity index (χ2v) is 5.56. The molecular weight excluding hydrogens is 314 g/mol. The predicted molar refractivity (Wildman–Crippen MR) is 82.6 cm³/mol. The average molecular weight is 331 g/mol. The van der Waals surface area contributed by atoms with Gasteiger partial charge in [-0.05, 0) is 37.1 Å². The van der Waals surface area contributed by atoms with E-state index in [1.54, 1.807) is 24.3 Å². The van der Waals surface area contributed by atoms with E-state index in [9.17, 15) is 9.59 Å². The van der Waals surface area contributed by atoms with Crippen molar-refractivity contribution in [3.63, 3.8) is 0 Å². The van der Waals surface area contributed by atoms with Gasteiger partial charge in [-0.25, -0.2) is 9.59 Å². The van der Waals surface area contributed by atoms with E-state index in [0.29, 0.717) is 48.8 Å². The van der Waals surface area contributed by atoms with Gasteiger partial charge in [0.2, 0.25) is 11.8 Å². The molecule has 3 rings (SSSR count). The van der Waals surface area contributed by atoms with Crippen LogP contribution >= 0.6 is 0 Å². The lowest BCUT2D eigenvalue weighted by Gasteiger charge is -2.27. The molecule has 8 nitrogen and oxygen atoms in total. The molecule has 1 aromatic carbocycles. The molecule has 1 aliphatic rings. The van der Waals surface area contributed by atoms with E-state index >= 15 is 0 Å². The van der Waals surface area contributed by atoms with Crippen molar-refractivity contribution < 1.29 is 23.8 Å². The molecule has 126 valence electrons. The highest BCUT2D eigenvalue weighted by Crippen LogP contribution is 2.29. The Labute approximate surface area is 138 Å². The number of aromatic nitrogens is 2. The molecule has 1 N–H and O–H groups in total. The highest BCUT2D eigenvalue weighted by molar-refractivity contribution is 5.89. The van der Waals surface area contributed by atoms with Crippen molar-refractivity contribution in [1.29, 1.82) is 0 Å². The topological polar surface area (TPSA) is 106 Å². The number of ether oxygens (including phenoxy) is 1. The molecule has 0 radical (unpaired) electrons. The Morgan fingerprint density at radius 2 is 1.88 bits per heavy atom. The lowest BCUT2D eigenvalue weighted by molar-refractivity contribution is 0.0600. The van der Waals surface area contributed by atoms with Gasteiger partial charge >= 0.3 is 12.1 Å². The lowest BCUT2D eigenvalue weighted by atomic mass is 9.97. The first kappa shape index (κ1) is 16.0. The number of carboxylic acid groups (broad SMARTS) is 1. The molecule has 1 amide bonds. The van der Waals surface area contributed by atoms with E-state index in [1.807, 2.05) is 0 Å². The summed E-state index contributed by atoms with van der Waals surface area (Å²) in [5, 5.41) is 17.1. The quantitative estimate of drug-likeness (QED) is 0.861. The Balaban J connectivity index is 1.70. The zero-order valence-corrected chi connectivity index (χ0v) is 13.1. The van der Waals surface area contributed by atoms with Gasteiger partial charge in [0.1, 0.15) is 0 Å². The van der Waals surface area contributed by atoms with E-state index in [4.69, 9.17) is 9.52 Å². The van der Waals surface area contributed by atoms with Crippen molar-refractivity contribution in [2.45, 2.75) is 18.8 Å². The molecule has 0 saturated carbocycles. The molecule has 24 heavy (non-hydrogen) atoms. The fraction of sp³-hybridized carbons (Fsp3) is 0.375. The van der Waals surface area contributed by atoms with Gasteiger partial charge in [-0.1, -0.05) is 0 Å². The summed E-state index contributed by atoms with van der Waals surface area (Å²) in [6.45, 7) is 0.928. The zero-order valence-electron chi connectivity index (χ0n) is 13.1. The maximum atomic E-state index is 11.4. The van der Waals surface area contributed by atoms with Crippen LogP contribution in [0.15, 0.2) is 28.7 Å². The minimum Gasteiger partial charge on any atom is -0.465 e. The summed E-state index contributed by atoms with van der Waals surface area (Å²) in [5.41, 5.74) is 1.16. The maximum absolute atomic E-state index is 11.4. The van der Waals surface area contributed by atoms with Gasteiger partial charge in [0, 0.05) is 24.6 Å². The van der Waals surface area contributed by atoms with Crippen molar-refractivity contribution in [1.82, 2.24) is 15.1 Å². The van der Waals surface area contributed by atoms with Crippen LogP contribution in [-0.4, -0.2) is 52.5 Å². The Morgan fingerprint density at radius 3 is 2.46 bits per heavy atom. The number of nitrogens with zero attached hydrogens (tertiary/aromatic N) is 3. The summed E-state index contributed by atoms with van der Waals surface area (Å²) < 4.78 is 10.4. The number of hydrogen-bond acceptors (Lipinski definition) is 6. The summed E-state index contributed by atoms with van der Waals surface area (Å²) in [4.78, 5) is 23.7. The molecule has 2 heterocycles. The van der Waals surface area contributed by atoms with Crippen LogP contribution in [0.4, 0.5) is 4.79 Å². The number of esters is 1. The van der Waals surface area contributed by atoms with Crippen LogP contribution < -0.4 is 0 Å². The first-order valence-electron chi connectivity index (χ1n) is 7.58. The van der Waals surface area contributed by atoms with Crippen LogP contribution in [0.5, 0.6) is 0 Å². The van der Waals surface area contributed by atoms with E-state index in [0.717, 1.165) is 0 Å². The van der Waals surface area contributed by atoms with Crippen LogP contribution in [0, 0.1) is 0 Å². The fourth-order valence-corrected chi connectivity index (χ4v) is 2.70. The molecule has 1 saturated heterocycles. The van der Waals surface area contributed by atoms with E-state index < -0.39 is 12.1 Å². The highest BCUT2D eigenvalue weighted by atomic mass is 16.5. The summed E-state index contributed by atoms with van der Waals surface area (Å²) in [7, 11) is 1.33. The zero-order chi connectivity index (χ0) is 17.1. The van der Waals surface area contributed by atoms with E-state index in [1.165, 1.54) is 12.0 Å². The number of likely N-dealkylation sites (tertiary alicyclic amines) is 1. The maximum Gasteiger partial charge on any atom is 0.407 e. The smallest absolute Gasteiger partial charge is 0.407 e. The Morgan fingerprint density at radius 1 is 1.21 bits per heavy atom. The summed E-state index contributed by atoms with van der Waals surface area (Å²) >= 11 is 0. The Bertz CT molecular complexity index is 732. The van der Waals surface area contributed by atoms with Crippen LogP contribution in [0.1, 0.15) is 35.0 Å². The second kappa shape index (κ2) is 6.69. The SMILES string of the molecule is COC(=O)c1ccc(-c2nnc(C3CCN(C(=O)O)CC3)o2)cc1. The van der Waals surface area contributed by atoms with E-state index in [-0.39, 0.29) is 5.92 Å². The number of piperidine rings is 1. The van der Waals surface area contributed by atoms with Crippen molar-refractivity contribution >= 4 is 12.1 Å². The number of carbonyl (C=O) groups excluding carboxylic acids is 1. The van der Waals surface area contributed by atoms with Crippen LogP contribution in [0.25, 0.3) is 11.5 Å². The van der Waals surface area contributed by atoms with Crippen molar-refractivity contribution in [3.8, 4) is 11.5 Å². The van der Waals surface area contributed by atoms with Gasteiger partial charge in [-0.15, -0.1) is 10.2 Å². The number of methoxy groups -OCH3 is 1. The number of amides is 1. The molecule has 1 aromatic heterocycles. The molecular formula is C16H17N3O5.